The largest absolute Gasteiger partial charge is 1.00 e. The van der Waals surface area contributed by atoms with Crippen LogP contribution in [0.1, 0.15) is 0 Å². The smallest absolute Gasteiger partial charge is 0.809 e. The maximum Gasteiger partial charge on any atom is 1.00 e. The predicted molar refractivity (Wildman–Crippen MR) is 79.9 cm³/mol. The number of fused-ring (bicyclic) bond motifs is 1. The van der Waals surface area contributed by atoms with Crippen LogP contribution >= 0.6 is 15.2 Å². The van der Waals surface area contributed by atoms with Crippen LogP contribution < -0.4 is 143 Å². The van der Waals surface area contributed by atoms with Gasteiger partial charge in [-0.3, -0.25) is 4.79 Å². The van der Waals surface area contributed by atoms with Gasteiger partial charge in [0.2, 0.25) is 0 Å². The van der Waals surface area contributed by atoms with Gasteiger partial charge < -0.3 is 52.8 Å². The first-order valence-corrected chi connectivity index (χ1v) is 10.6. The van der Waals surface area contributed by atoms with Gasteiger partial charge in [-0.15, -0.1) is 0 Å². The Balaban J connectivity index is -0.00000196. The third-order valence-corrected chi connectivity index (χ3v) is 4.59. The summed E-state index contributed by atoms with van der Waals surface area (Å²) in [5.41, 5.74) is -0.367. The Kier molecular flexibility index (Phi) is 21.0. The third-order valence-electron chi connectivity index (χ3n) is 3.21. The van der Waals surface area contributed by atoms with E-state index in [2.05, 4.69) is 15.0 Å². The van der Waals surface area contributed by atoms with E-state index < -0.39 is 52.3 Å². The molecule has 152 valence electrons. The van der Waals surface area contributed by atoms with Crippen LogP contribution in [0, 0.1) is 0 Å². The van der Waals surface area contributed by atoms with Crippen molar-refractivity contribution in [1.29, 1.82) is 0 Å². The van der Waals surface area contributed by atoms with E-state index in [0.717, 1.165) is 6.33 Å². The minimum atomic E-state index is -5.31. The summed E-state index contributed by atoms with van der Waals surface area (Å²) in [6, 6.07) is 0. The molecular formula is C11H14N4Na4O10P2. The number of aromatic nitrogens is 4. The molecule has 20 heteroatoms. The molecule has 0 radical (unpaired) electrons. The van der Waals surface area contributed by atoms with Crippen LogP contribution in [-0.2, 0) is 25.1 Å². The number of aliphatic hydroxyl groups excluding tert-OH is 1. The number of nitrogens with zero attached hydrogens (tertiary/aromatic N) is 3. The molecule has 31 heavy (non-hydrogen) atoms. The molecule has 0 bridgehead atoms. The first-order chi connectivity index (χ1) is 12.5. The van der Waals surface area contributed by atoms with Gasteiger partial charge in [-0.2, -0.15) is 0 Å². The van der Waals surface area contributed by atoms with E-state index in [9.17, 15) is 38.6 Å². The number of rotatable bonds is 10. The fraction of sp³-hybridized carbons (Fsp3) is 0.545. The fourth-order valence-electron chi connectivity index (χ4n) is 2.01. The maximum absolute atomic E-state index is 11.6. The van der Waals surface area contributed by atoms with Crippen molar-refractivity contribution in [2.75, 3.05) is 19.6 Å². The molecule has 0 aliphatic heterocycles. The number of hydrogen-bond acceptors (Lipinski definition) is 12. The zero-order valence-electron chi connectivity index (χ0n) is 17.5. The molecular weight excluding hydrogens is 502 g/mol. The average molecular weight is 516 g/mol. The molecule has 0 fully saturated rings. The number of aromatic amines is 1. The van der Waals surface area contributed by atoms with E-state index in [1.807, 2.05) is 0 Å². The van der Waals surface area contributed by atoms with Crippen molar-refractivity contribution < 1.29 is 162 Å². The summed E-state index contributed by atoms with van der Waals surface area (Å²) in [7, 11) is -10.3. The Hall–Kier alpha value is 2.53. The van der Waals surface area contributed by atoms with Crippen LogP contribution in [0.2, 0.25) is 0 Å². The molecule has 0 spiro atoms. The third kappa shape index (κ3) is 13.4. The Bertz CT molecular complexity index is 934. The second kappa shape index (κ2) is 17.1. The molecule has 2 aromatic heterocycles. The molecule has 0 aliphatic carbocycles. The molecule has 0 saturated carbocycles. The fourth-order valence-corrected chi connectivity index (χ4v) is 2.61. The van der Waals surface area contributed by atoms with Gasteiger partial charge in [0.25, 0.3) is 5.56 Å². The Morgan fingerprint density at radius 2 is 1.71 bits per heavy atom. The summed E-state index contributed by atoms with van der Waals surface area (Å²) < 4.78 is 32.5. The Morgan fingerprint density at radius 1 is 1.10 bits per heavy atom. The number of hydrogen-bond donors (Lipinski definition) is 2. The molecule has 2 heterocycles. The van der Waals surface area contributed by atoms with Crippen molar-refractivity contribution in [3.05, 3.63) is 23.0 Å². The van der Waals surface area contributed by atoms with Crippen molar-refractivity contribution in [1.82, 2.24) is 19.5 Å². The van der Waals surface area contributed by atoms with Crippen LogP contribution in [0.15, 0.2) is 17.4 Å². The second-order valence-electron chi connectivity index (χ2n) is 5.39. The van der Waals surface area contributed by atoms with Gasteiger partial charge >= 0.3 is 118 Å². The van der Waals surface area contributed by atoms with Gasteiger partial charge in [-0.25, -0.2) is 9.97 Å². The predicted octanol–water partition coefficient (Wildman–Crippen LogP) is -16.4. The minimum absolute atomic E-state index is 0. The number of H-pyrrole nitrogens is 1. The van der Waals surface area contributed by atoms with Gasteiger partial charge in [0.15, 0.2) is 11.2 Å². The Morgan fingerprint density at radius 3 is 2.26 bits per heavy atom. The number of aliphatic hydroxyl groups is 1. The molecule has 14 nitrogen and oxygen atoms in total. The molecule has 1 unspecified atom stereocenters. The van der Waals surface area contributed by atoms with Gasteiger partial charge in [0.1, 0.15) is 5.85 Å². The molecule has 2 atom stereocenters. The van der Waals surface area contributed by atoms with Gasteiger partial charge in [-0.05, 0) is 15.2 Å². The number of nitrogens with one attached hydrogen (secondary N) is 1. The van der Waals surface area contributed by atoms with Crippen molar-refractivity contribution >= 4 is 26.4 Å². The number of ether oxygens (including phenoxy) is 2. The van der Waals surface area contributed by atoms with Crippen LogP contribution in [0.5, 0.6) is 0 Å². The molecule has 2 aromatic rings. The molecule has 2 N–H and O–H groups in total. The van der Waals surface area contributed by atoms with Gasteiger partial charge in [0.05, 0.1) is 44.9 Å². The van der Waals surface area contributed by atoms with Crippen molar-refractivity contribution in [3.8, 4) is 0 Å². The van der Waals surface area contributed by atoms with E-state index in [1.54, 1.807) is 0 Å². The zero-order chi connectivity index (χ0) is 20.2. The van der Waals surface area contributed by atoms with Crippen molar-refractivity contribution in [2.24, 2.45) is 0 Å². The molecule has 0 saturated heterocycles. The Labute approximate surface area is 264 Å². The van der Waals surface area contributed by atoms with E-state index >= 15 is 0 Å². The summed E-state index contributed by atoms with van der Waals surface area (Å²) in [5.74, 6) is -2.33. The molecule has 0 aliphatic rings. The van der Waals surface area contributed by atoms with E-state index in [0.29, 0.717) is 0 Å². The zero-order valence-corrected chi connectivity index (χ0v) is 27.3. The van der Waals surface area contributed by atoms with E-state index in [1.165, 1.54) is 10.9 Å². The quantitative estimate of drug-likeness (QED) is 0.222. The average Bonchev–Trinajstić information content (AvgIpc) is 2.94. The molecule has 0 aromatic carbocycles. The standard InChI is InChI=1S/C11H18N4O10P2.4Na/c16-8(27(21,22)23)3-25-7(2-24-6-26(18,19)20)1-15-5-14-9-10(15)12-4-13-11(9)17;;;;/h4-5,7-8,16H,1-3,6H2,(H,12,13,17)(H2,18,19,20)(H2,21,22,23);;;;/q;4*+1/p-4/t7-,8?;;;;/m1..../s1. The van der Waals surface area contributed by atoms with Crippen molar-refractivity contribution in [2.45, 2.75) is 18.5 Å². The summed E-state index contributed by atoms with van der Waals surface area (Å²) >= 11 is 0. The SMILES string of the molecule is O=c1[nH]cnc2c1ncn2C[C@H](COCP(=O)([O-])[O-])OCC(O)P(=O)([O-])[O-].[Na+].[Na+].[Na+].[Na+]. The van der Waals surface area contributed by atoms with Gasteiger partial charge in [0, 0.05) is 0 Å². The van der Waals surface area contributed by atoms with Crippen molar-refractivity contribution in [3.63, 3.8) is 0 Å². The van der Waals surface area contributed by atoms with Gasteiger partial charge in [-0.1, -0.05) is 0 Å². The summed E-state index contributed by atoms with van der Waals surface area (Å²) in [6.45, 7) is -1.57. The van der Waals surface area contributed by atoms with Crippen LogP contribution in [-0.4, -0.2) is 56.1 Å². The summed E-state index contributed by atoms with van der Waals surface area (Å²) in [5, 5.41) is 9.25. The molecule has 2 rings (SSSR count). The first kappa shape index (κ1) is 38.1. The first-order valence-electron chi connectivity index (χ1n) is 7.26. The minimum Gasteiger partial charge on any atom is -0.809 e. The summed E-state index contributed by atoms with van der Waals surface area (Å²) in [6.07, 6.45) is 0.100. The van der Waals surface area contributed by atoms with Crippen LogP contribution in [0.4, 0.5) is 0 Å². The number of imidazole rings is 1. The molecule has 0 amide bonds. The monoisotopic (exact) mass is 516 g/mol. The summed E-state index contributed by atoms with van der Waals surface area (Å²) in [4.78, 5) is 64.4. The topological polar surface area (TPSA) is 229 Å². The maximum atomic E-state index is 11.6. The van der Waals surface area contributed by atoms with Crippen LogP contribution in [0.3, 0.4) is 0 Å². The van der Waals surface area contributed by atoms with E-state index in [-0.39, 0.29) is 136 Å². The van der Waals surface area contributed by atoms with E-state index in [4.69, 9.17) is 9.47 Å². The second-order valence-corrected chi connectivity index (χ2v) is 8.54. The van der Waals surface area contributed by atoms with Crippen LogP contribution in [0.25, 0.3) is 11.2 Å². The normalized spacial score (nSPS) is 13.2.